The number of aliphatic hydroxyl groups excluding tert-OH is 5. The fraction of sp³-hybridized carbons (Fsp3) is 0.792. The molecule has 0 aromatic heterocycles. The molecule has 0 aromatic rings. The smallest absolute Gasteiger partial charge is 0.306 e. The lowest BCUT2D eigenvalue weighted by Crippen LogP contribution is -2.61. The van der Waals surface area contributed by atoms with Crippen molar-refractivity contribution < 1.29 is 49.3 Å². The first kappa shape index (κ1) is 82.9. The van der Waals surface area contributed by atoms with Crippen molar-refractivity contribution in [3.8, 4) is 0 Å². The predicted octanol–water partition coefficient (Wildman–Crippen LogP) is 19.2. The summed E-state index contributed by atoms with van der Waals surface area (Å²) in [4.78, 5) is 26.7. The fourth-order valence-electron chi connectivity index (χ4n) is 11.3. The maximum Gasteiger partial charge on any atom is 0.306 e. The summed E-state index contributed by atoms with van der Waals surface area (Å²) in [6.45, 7) is 5.69. The normalized spacial score (nSPS) is 18.7. The van der Waals surface area contributed by atoms with E-state index in [1.807, 2.05) is 6.08 Å². The molecule has 0 aliphatic carbocycles. The summed E-state index contributed by atoms with van der Waals surface area (Å²) in [5.41, 5.74) is 0. The molecule has 8 atom stereocenters. The van der Waals surface area contributed by atoms with Crippen molar-refractivity contribution in [1.29, 1.82) is 0 Å². The van der Waals surface area contributed by atoms with Gasteiger partial charge in [-0.25, -0.2) is 0 Å². The number of carbonyl (C=O) groups is 2. The summed E-state index contributed by atoms with van der Waals surface area (Å²) < 4.78 is 17.7. The number of hydrogen-bond acceptors (Lipinski definition) is 10. The van der Waals surface area contributed by atoms with Gasteiger partial charge in [-0.1, -0.05) is 331 Å². The van der Waals surface area contributed by atoms with Crippen LogP contribution < -0.4 is 5.32 Å². The van der Waals surface area contributed by atoms with Crippen LogP contribution in [0.5, 0.6) is 0 Å². The van der Waals surface area contributed by atoms with E-state index in [0.717, 1.165) is 89.9 Å². The summed E-state index contributed by atoms with van der Waals surface area (Å²) in [7, 11) is 0. The summed E-state index contributed by atoms with van der Waals surface area (Å²) in [6.07, 6.45) is 75.0. The molecule has 11 nitrogen and oxygen atoms in total. The Morgan fingerprint density at radius 2 is 0.818 bits per heavy atom. The number of hydrogen-bond donors (Lipinski definition) is 6. The number of ether oxygens (including phenoxy) is 3. The number of unbranched alkanes of at least 4 members (excludes halogenated alkanes) is 37. The van der Waals surface area contributed by atoms with E-state index in [9.17, 15) is 35.1 Å². The minimum absolute atomic E-state index is 0.0663. The van der Waals surface area contributed by atoms with Crippen molar-refractivity contribution in [2.45, 2.75) is 378 Å². The quantitative estimate of drug-likeness (QED) is 0.0195. The number of carbonyl (C=O) groups excluding carboxylic acids is 2. The Hall–Kier alpha value is -3.16. The van der Waals surface area contributed by atoms with Crippen molar-refractivity contribution >= 4 is 11.9 Å². The molecule has 1 rings (SSSR count). The average Bonchev–Trinajstić information content (AvgIpc) is 1.36. The second kappa shape index (κ2) is 64.0. The van der Waals surface area contributed by atoms with Gasteiger partial charge in [-0.05, 0) is 77.0 Å². The summed E-state index contributed by atoms with van der Waals surface area (Å²) >= 11 is 0. The minimum Gasteiger partial charge on any atom is -0.454 e. The first-order valence-electron chi connectivity index (χ1n) is 36.9. The Labute approximate surface area is 540 Å². The molecular weight excluding hydrogens is 1100 g/mol. The van der Waals surface area contributed by atoms with Crippen molar-refractivity contribution in [2.24, 2.45) is 0 Å². The number of allylic oxidation sites excluding steroid dienone is 13. The lowest BCUT2D eigenvalue weighted by atomic mass is 9.99. The molecule has 0 radical (unpaired) electrons. The van der Waals surface area contributed by atoms with E-state index in [-0.39, 0.29) is 19.4 Å². The molecule has 0 spiro atoms. The number of rotatable bonds is 63. The van der Waals surface area contributed by atoms with E-state index < -0.39 is 67.4 Å². The van der Waals surface area contributed by atoms with Crippen LogP contribution in [0, 0.1) is 0 Å². The van der Waals surface area contributed by atoms with E-state index in [4.69, 9.17) is 14.2 Å². The zero-order valence-electron chi connectivity index (χ0n) is 56.8. The third kappa shape index (κ3) is 50.5. The lowest BCUT2D eigenvalue weighted by Gasteiger charge is -2.41. The number of esters is 1. The molecular formula is C77H137NO10. The van der Waals surface area contributed by atoms with E-state index in [0.29, 0.717) is 12.8 Å². The van der Waals surface area contributed by atoms with Gasteiger partial charge in [0.2, 0.25) is 5.91 Å². The van der Waals surface area contributed by atoms with Crippen LogP contribution in [0.1, 0.15) is 329 Å². The van der Waals surface area contributed by atoms with Gasteiger partial charge in [0.25, 0.3) is 0 Å². The van der Waals surface area contributed by atoms with Crippen LogP contribution in [0.15, 0.2) is 85.1 Å². The van der Waals surface area contributed by atoms with Gasteiger partial charge in [-0.3, -0.25) is 9.59 Å². The second-order valence-corrected chi connectivity index (χ2v) is 25.3. The highest BCUT2D eigenvalue weighted by Gasteiger charge is 2.47. The van der Waals surface area contributed by atoms with Gasteiger partial charge in [0, 0.05) is 6.42 Å². The molecule has 6 N–H and O–H groups in total. The maximum atomic E-state index is 13.5. The maximum absolute atomic E-state index is 13.5. The summed E-state index contributed by atoms with van der Waals surface area (Å²) in [5.74, 6) is -1.23. The molecule has 0 bridgehead atoms. The number of nitrogens with one attached hydrogen (secondary N) is 1. The third-order valence-corrected chi connectivity index (χ3v) is 17.1. The van der Waals surface area contributed by atoms with Crippen molar-refractivity contribution in [3.63, 3.8) is 0 Å². The van der Waals surface area contributed by atoms with Crippen LogP contribution in [0.4, 0.5) is 0 Å². The largest absolute Gasteiger partial charge is 0.454 e. The number of aliphatic hydroxyl groups is 5. The zero-order valence-corrected chi connectivity index (χ0v) is 56.8. The molecule has 1 heterocycles. The van der Waals surface area contributed by atoms with Crippen LogP contribution in [0.3, 0.4) is 0 Å². The van der Waals surface area contributed by atoms with E-state index in [1.54, 1.807) is 6.08 Å². The van der Waals surface area contributed by atoms with Crippen LogP contribution in [-0.2, 0) is 23.8 Å². The first-order valence-corrected chi connectivity index (χ1v) is 36.9. The third-order valence-electron chi connectivity index (χ3n) is 17.1. The van der Waals surface area contributed by atoms with E-state index in [2.05, 4.69) is 99.0 Å². The monoisotopic (exact) mass is 1240 g/mol. The van der Waals surface area contributed by atoms with Crippen LogP contribution in [0.2, 0.25) is 0 Å². The van der Waals surface area contributed by atoms with Crippen molar-refractivity contribution in [3.05, 3.63) is 85.1 Å². The highest BCUT2D eigenvalue weighted by atomic mass is 16.7. The van der Waals surface area contributed by atoms with Crippen molar-refractivity contribution in [1.82, 2.24) is 5.32 Å². The van der Waals surface area contributed by atoms with Gasteiger partial charge in [-0.2, -0.15) is 0 Å². The summed E-state index contributed by atoms with van der Waals surface area (Å²) in [6, 6.07) is -1.04. The molecule has 88 heavy (non-hydrogen) atoms. The highest BCUT2D eigenvalue weighted by Crippen LogP contribution is 2.26. The van der Waals surface area contributed by atoms with Gasteiger partial charge in [0.05, 0.1) is 25.4 Å². The van der Waals surface area contributed by atoms with Crippen LogP contribution in [-0.4, -0.2) is 99.6 Å². The Morgan fingerprint density at radius 1 is 0.455 bits per heavy atom. The van der Waals surface area contributed by atoms with Gasteiger partial charge in [-0.15, -0.1) is 0 Å². The number of amides is 1. The van der Waals surface area contributed by atoms with Crippen LogP contribution in [0.25, 0.3) is 0 Å². The zero-order chi connectivity index (χ0) is 63.9. The summed E-state index contributed by atoms with van der Waals surface area (Å²) in [5, 5.41) is 57.3. The topological polar surface area (TPSA) is 175 Å². The minimum atomic E-state index is -1.64. The lowest BCUT2D eigenvalue weighted by molar-refractivity contribution is -0.305. The van der Waals surface area contributed by atoms with E-state index in [1.165, 1.54) is 193 Å². The fourth-order valence-corrected chi connectivity index (χ4v) is 11.3. The molecule has 1 aliphatic rings. The van der Waals surface area contributed by atoms with Gasteiger partial charge in [0.1, 0.15) is 24.4 Å². The molecule has 1 saturated heterocycles. The second-order valence-electron chi connectivity index (χ2n) is 25.3. The molecule has 510 valence electrons. The average molecular weight is 1240 g/mol. The van der Waals surface area contributed by atoms with Crippen molar-refractivity contribution in [2.75, 3.05) is 13.2 Å². The van der Waals surface area contributed by atoms with Gasteiger partial charge in [0.15, 0.2) is 12.4 Å². The van der Waals surface area contributed by atoms with Gasteiger partial charge < -0.3 is 45.1 Å². The highest BCUT2D eigenvalue weighted by molar-refractivity contribution is 5.80. The molecule has 0 saturated carbocycles. The molecule has 1 amide bonds. The predicted molar refractivity (Wildman–Crippen MR) is 370 cm³/mol. The first-order chi connectivity index (χ1) is 43.2. The molecule has 0 aromatic carbocycles. The van der Waals surface area contributed by atoms with E-state index >= 15 is 0 Å². The molecule has 8 unspecified atom stereocenters. The molecule has 1 fully saturated rings. The van der Waals surface area contributed by atoms with Gasteiger partial charge >= 0.3 is 5.97 Å². The Bertz CT molecular complexity index is 1760. The van der Waals surface area contributed by atoms with Crippen LogP contribution >= 0.6 is 0 Å². The standard InChI is InChI=1S/C77H137NO10/c1-4-7-10-13-16-19-22-25-27-29-31-33-34-35-36-37-39-40-42-44-46-49-52-55-58-61-64-70(81)76(85)78-68(69(80)63-60-57-54-51-48-24-21-18-15-12-9-6-3)67-86-77-75(74(84)73(83)71(66-79)87-77)88-72(82)65-62-59-56-53-50-47-45-43-41-38-32-30-28-26-23-20-17-14-11-8-5-2/h8,11,17,20,26,28,32,38,43,45,50,53,60,63,68-71,73-75,77,79-81,83-84H,4-7,9-10,12-16,18-19,21-25,27,29-31,33-37,39-42,44,46-49,51-52,54-59,61-62,64-67H2,1-3H3,(H,78,85)/b11-8-,20-17-,28-26-,38-32-,45-43-,53-50-,63-60+. The SMILES string of the molecule is CC/C=C\C/C=C\C/C=C\C/C=C\C/C=C\C/C=C\CCCCC(=O)OC1C(OCC(NC(=O)C(O)CCCCCCCCCCCCCCCCCCCCCCCCCCCC)C(O)/C=C/CCCCCCCCCCCC)OC(CO)C(O)C1O. The molecule has 11 heteroatoms. The molecule has 1 aliphatic heterocycles. The Morgan fingerprint density at radius 3 is 1.23 bits per heavy atom. The Kier molecular flexibility index (Phi) is 60.2. The Balaban J connectivity index is 2.57.